The lowest BCUT2D eigenvalue weighted by atomic mass is 10.1. The predicted molar refractivity (Wildman–Crippen MR) is 121 cm³/mol. The van der Waals surface area contributed by atoms with Crippen LogP contribution in [0.2, 0.25) is 0 Å². The van der Waals surface area contributed by atoms with Crippen LogP contribution in [0.15, 0.2) is 18.5 Å². The summed E-state index contributed by atoms with van der Waals surface area (Å²) < 4.78 is 13.4. The largest absolute Gasteiger partial charge is 0.385 e. The fourth-order valence-electron chi connectivity index (χ4n) is 4.70. The SMILES string of the molecule is CCc1ccnc2c([C@@H](C)N(C(=O)[C@H]3CNCCO3)C3CC3)cn(CCCCOC)c12. The van der Waals surface area contributed by atoms with E-state index in [1.807, 2.05) is 6.20 Å². The van der Waals surface area contributed by atoms with E-state index in [9.17, 15) is 4.79 Å². The van der Waals surface area contributed by atoms with Crippen LogP contribution in [0.5, 0.6) is 0 Å². The van der Waals surface area contributed by atoms with Crippen LogP contribution in [0.25, 0.3) is 11.0 Å². The Labute approximate surface area is 185 Å². The zero-order chi connectivity index (χ0) is 21.8. The molecule has 0 radical (unpaired) electrons. The molecule has 2 aromatic heterocycles. The maximum Gasteiger partial charge on any atom is 0.253 e. The van der Waals surface area contributed by atoms with E-state index in [0.717, 1.165) is 62.9 Å². The van der Waals surface area contributed by atoms with E-state index < -0.39 is 6.10 Å². The van der Waals surface area contributed by atoms with Crippen molar-refractivity contribution in [2.45, 2.75) is 70.7 Å². The van der Waals surface area contributed by atoms with Crippen molar-refractivity contribution in [3.63, 3.8) is 0 Å². The highest BCUT2D eigenvalue weighted by molar-refractivity contribution is 5.86. The molecule has 31 heavy (non-hydrogen) atoms. The van der Waals surface area contributed by atoms with Crippen LogP contribution >= 0.6 is 0 Å². The van der Waals surface area contributed by atoms with E-state index in [4.69, 9.17) is 14.5 Å². The van der Waals surface area contributed by atoms with Crippen molar-refractivity contribution in [2.75, 3.05) is 33.4 Å². The number of aryl methyl sites for hydroxylation is 2. The van der Waals surface area contributed by atoms with E-state index in [-0.39, 0.29) is 11.9 Å². The highest BCUT2D eigenvalue weighted by atomic mass is 16.5. The molecular formula is C24H36N4O3. The number of methoxy groups -OCH3 is 1. The zero-order valence-corrected chi connectivity index (χ0v) is 19.1. The maximum atomic E-state index is 13.4. The monoisotopic (exact) mass is 428 g/mol. The Hall–Kier alpha value is -1.96. The lowest BCUT2D eigenvalue weighted by molar-refractivity contribution is -0.148. The molecule has 2 fully saturated rings. The first-order valence-electron chi connectivity index (χ1n) is 11.8. The number of unbranched alkanes of at least 4 members (excludes halogenated alkanes) is 1. The summed E-state index contributed by atoms with van der Waals surface area (Å²) in [5.74, 6) is 0.106. The summed E-state index contributed by atoms with van der Waals surface area (Å²) in [6, 6.07) is 2.39. The van der Waals surface area contributed by atoms with E-state index in [1.165, 1.54) is 11.1 Å². The normalized spacial score (nSPS) is 20.2. The molecule has 170 valence electrons. The summed E-state index contributed by atoms with van der Waals surface area (Å²) in [7, 11) is 1.75. The first kappa shape index (κ1) is 22.2. The Kier molecular flexibility index (Phi) is 7.25. The molecule has 1 aliphatic heterocycles. The number of rotatable bonds is 10. The second-order valence-electron chi connectivity index (χ2n) is 8.71. The third-order valence-electron chi connectivity index (χ3n) is 6.51. The number of carbonyl (C=O) groups excluding carboxylic acids is 1. The number of fused-ring (bicyclic) bond motifs is 1. The van der Waals surface area contributed by atoms with Crippen molar-refractivity contribution in [3.05, 3.63) is 29.6 Å². The van der Waals surface area contributed by atoms with Gasteiger partial charge in [-0.2, -0.15) is 0 Å². The minimum atomic E-state index is -0.390. The van der Waals surface area contributed by atoms with Gasteiger partial charge in [-0.15, -0.1) is 0 Å². The van der Waals surface area contributed by atoms with Gasteiger partial charge in [-0.05, 0) is 50.7 Å². The van der Waals surface area contributed by atoms with Crippen molar-refractivity contribution in [1.82, 2.24) is 19.8 Å². The van der Waals surface area contributed by atoms with E-state index >= 15 is 0 Å². The van der Waals surface area contributed by atoms with Crippen molar-refractivity contribution in [3.8, 4) is 0 Å². The molecule has 2 aliphatic rings. The van der Waals surface area contributed by atoms with Crippen LogP contribution in [-0.2, 0) is 27.2 Å². The number of ether oxygens (including phenoxy) is 2. The molecule has 0 spiro atoms. The molecule has 1 amide bonds. The van der Waals surface area contributed by atoms with Gasteiger partial charge in [0.15, 0.2) is 0 Å². The van der Waals surface area contributed by atoms with Crippen LogP contribution in [-0.4, -0.2) is 65.9 Å². The molecular weight excluding hydrogens is 392 g/mol. The first-order chi connectivity index (χ1) is 15.2. The minimum absolute atomic E-state index is 0.0344. The quantitative estimate of drug-likeness (QED) is 0.589. The van der Waals surface area contributed by atoms with Crippen molar-refractivity contribution in [1.29, 1.82) is 0 Å². The number of aromatic nitrogens is 2. The smallest absolute Gasteiger partial charge is 0.253 e. The topological polar surface area (TPSA) is 68.6 Å². The Balaban J connectivity index is 1.65. The lowest BCUT2D eigenvalue weighted by Gasteiger charge is -2.34. The number of pyridine rings is 1. The molecule has 2 aromatic rings. The number of nitrogens with zero attached hydrogens (tertiary/aromatic N) is 3. The highest BCUT2D eigenvalue weighted by Crippen LogP contribution is 2.38. The molecule has 7 heteroatoms. The molecule has 2 atom stereocenters. The number of nitrogens with one attached hydrogen (secondary N) is 1. The molecule has 0 aromatic carbocycles. The zero-order valence-electron chi connectivity index (χ0n) is 19.1. The summed E-state index contributed by atoms with van der Waals surface area (Å²) in [6.45, 7) is 8.03. The van der Waals surface area contributed by atoms with Gasteiger partial charge in [-0.3, -0.25) is 9.78 Å². The second-order valence-corrected chi connectivity index (χ2v) is 8.71. The van der Waals surface area contributed by atoms with E-state index in [0.29, 0.717) is 19.2 Å². The molecule has 4 rings (SSSR count). The number of morpholine rings is 1. The van der Waals surface area contributed by atoms with Gasteiger partial charge < -0.3 is 24.3 Å². The first-order valence-corrected chi connectivity index (χ1v) is 11.8. The van der Waals surface area contributed by atoms with Gasteiger partial charge in [0.25, 0.3) is 5.91 Å². The average Bonchev–Trinajstić information content (AvgIpc) is 3.57. The summed E-state index contributed by atoms with van der Waals surface area (Å²) in [6.07, 6.45) is 8.93. The van der Waals surface area contributed by atoms with Gasteiger partial charge in [0.1, 0.15) is 6.10 Å². The lowest BCUT2D eigenvalue weighted by Crippen LogP contribution is -2.50. The predicted octanol–water partition coefficient (Wildman–Crippen LogP) is 3.07. The van der Waals surface area contributed by atoms with Gasteiger partial charge in [0, 0.05) is 57.3 Å². The molecule has 1 saturated heterocycles. The third-order valence-corrected chi connectivity index (χ3v) is 6.51. The average molecular weight is 429 g/mol. The Morgan fingerprint density at radius 1 is 1.42 bits per heavy atom. The summed E-state index contributed by atoms with van der Waals surface area (Å²) in [5.41, 5.74) is 4.68. The van der Waals surface area contributed by atoms with Crippen LogP contribution in [0.1, 0.15) is 56.7 Å². The number of hydrogen-bond acceptors (Lipinski definition) is 5. The fraction of sp³-hybridized carbons (Fsp3) is 0.667. The summed E-state index contributed by atoms with van der Waals surface area (Å²) in [4.78, 5) is 20.3. The van der Waals surface area contributed by atoms with Crippen LogP contribution < -0.4 is 5.32 Å². The standard InChI is InChI=1S/C24H36N4O3/c1-4-18-9-10-26-22-20(16-27(23(18)22)12-5-6-13-30-3)17(2)28(19-7-8-19)24(29)21-15-25-11-14-31-21/h9-10,16-17,19,21,25H,4-8,11-15H2,1-3H3/t17-,21-/m1/s1. The van der Waals surface area contributed by atoms with Crippen LogP contribution in [0.4, 0.5) is 0 Å². The molecule has 1 N–H and O–H groups in total. The van der Waals surface area contributed by atoms with Crippen molar-refractivity contribution >= 4 is 16.9 Å². The van der Waals surface area contributed by atoms with Gasteiger partial charge in [0.2, 0.25) is 0 Å². The summed E-state index contributed by atoms with van der Waals surface area (Å²) in [5, 5.41) is 3.29. The number of amides is 1. The third kappa shape index (κ3) is 4.78. The van der Waals surface area contributed by atoms with Crippen molar-refractivity contribution in [2.24, 2.45) is 0 Å². The van der Waals surface area contributed by atoms with Gasteiger partial charge in [-0.25, -0.2) is 0 Å². The Morgan fingerprint density at radius 2 is 2.26 bits per heavy atom. The Bertz CT molecular complexity index is 886. The van der Waals surface area contributed by atoms with Crippen molar-refractivity contribution < 1.29 is 14.3 Å². The molecule has 1 aliphatic carbocycles. The molecule has 0 unspecified atom stereocenters. The number of carbonyl (C=O) groups is 1. The van der Waals surface area contributed by atoms with E-state index in [2.05, 4.69) is 40.9 Å². The molecule has 7 nitrogen and oxygen atoms in total. The van der Waals surface area contributed by atoms with Gasteiger partial charge >= 0.3 is 0 Å². The van der Waals surface area contributed by atoms with Crippen LogP contribution in [0, 0.1) is 0 Å². The molecule has 1 saturated carbocycles. The summed E-state index contributed by atoms with van der Waals surface area (Å²) >= 11 is 0. The van der Waals surface area contributed by atoms with Gasteiger partial charge in [0.05, 0.1) is 23.7 Å². The second kappa shape index (κ2) is 10.1. The van der Waals surface area contributed by atoms with E-state index in [1.54, 1.807) is 7.11 Å². The fourth-order valence-corrected chi connectivity index (χ4v) is 4.70. The number of hydrogen-bond donors (Lipinski definition) is 1. The highest BCUT2D eigenvalue weighted by Gasteiger charge is 2.40. The Morgan fingerprint density at radius 3 is 2.94 bits per heavy atom. The minimum Gasteiger partial charge on any atom is -0.385 e. The molecule has 0 bridgehead atoms. The van der Waals surface area contributed by atoms with Gasteiger partial charge in [-0.1, -0.05) is 6.92 Å². The maximum absolute atomic E-state index is 13.4. The molecule has 3 heterocycles. The van der Waals surface area contributed by atoms with Crippen LogP contribution in [0.3, 0.4) is 0 Å².